The van der Waals surface area contributed by atoms with E-state index in [9.17, 15) is 49.2 Å². The summed E-state index contributed by atoms with van der Waals surface area (Å²) in [4.78, 5) is 76.6. The maximum atomic E-state index is 13.3. The van der Waals surface area contributed by atoms with Gasteiger partial charge in [-0.15, -0.1) is 0 Å². The quantitative estimate of drug-likeness (QED) is 0.0329. The van der Waals surface area contributed by atoms with Gasteiger partial charge in [-0.3, -0.25) is 28.8 Å². The van der Waals surface area contributed by atoms with E-state index in [0.717, 1.165) is 12.8 Å². The highest BCUT2D eigenvalue weighted by Gasteiger charge is 2.64. The molecule has 0 spiro atoms. The van der Waals surface area contributed by atoms with Crippen molar-refractivity contribution in [1.82, 2.24) is 0 Å². The molecule has 6 heterocycles. The molecule has 16 nitrogen and oxygen atoms in total. The van der Waals surface area contributed by atoms with E-state index in [1.54, 1.807) is 0 Å². The molecule has 105 heavy (non-hydrogen) atoms. The predicted molar refractivity (Wildman–Crippen MR) is 424 cm³/mol. The Labute approximate surface area is 639 Å². The first-order valence-electron chi connectivity index (χ1n) is 41.0. The standard InChI is InChI=1S/4C22H38O4.CH4/c2*1-8-11-14(4)20-21(7,26-20)16(6)17(9-2)19(23)18-13-25-22(24,10-3)12-15(18)5;2*1-8-11-14(4)21-22(7,26-21)16(6)18(10-3)20(25)19(13-23)15(5)12-17(24)9-2;/h2*8,11,14-18,20,24H,9-10,12-13H2,1-7H3;2*8,11,14-16,18-19,21,23H,9-10,12-13H2,1-7H3;1H4/b4*11-8-;/t14-,15-,16-,17+,18+,20+,21-,22?;14-,15-,16-,17+,18-,20+,21-,22?;14-,15-,16-,18+,19+,21+,22-;14-,15-,16-,18+,19-,21+,22-;/m0000./s1. The van der Waals surface area contributed by atoms with Crippen LogP contribution in [0.5, 0.6) is 0 Å². The van der Waals surface area contributed by atoms with Crippen molar-refractivity contribution in [2.45, 2.75) is 337 Å². The molecule has 6 aliphatic heterocycles. The number of carbonyl (C=O) groups excluding carboxylic acids is 6. The van der Waals surface area contributed by atoms with E-state index in [0.29, 0.717) is 101 Å². The molecule has 0 saturated carbocycles. The third-order valence-electron chi connectivity index (χ3n) is 26.6. The van der Waals surface area contributed by atoms with Gasteiger partial charge in [0.25, 0.3) is 0 Å². The highest BCUT2D eigenvalue weighted by molar-refractivity contribution is 5.87. The molecule has 16 heteroatoms. The van der Waals surface area contributed by atoms with Crippen LogP contribution in [0, 0.1) is 118 Å². The van der Waals surface area contributed by atoms with Gasteiger partial charge in [-0.25, -0.2) is 0 Å². The third-order valence-corrected chi connectivity index (χ3v) is 26.6. The van der Waals surface area contributed by atoms with Gasteiger partial charge in [0.2, 0.25) is 0 Å². The van der Waals surface area contributed by atoms with Crippen LogP contribution in [0.3, 0.4) is 0 Å². The van der Waals surface area contributed by atoms with E-state index in [1.165, 1.54) is 0 Å². The highest BCUT2D eigenvalue weighted by atomic mass is 16.6. The van der Waals surface area contributed by atoms with Crippen molar-refractivity contribution in [2.24, 2.45) is 118 Å². The zero-order valence-corrected chi connectivity index (χ0v) is 70.5. The van der Waals surface area contributed by atoms with Gasteiger partial charge in [0.1, 0.15) is 34.7 Å². The molecule has 6 fully saturated rings. The summed E-state index contributed by atoms with van der Waals surface area (Å²) in [6.45, 7) is 57.6. The Kier molecular flexibility index (Phi) is 39.8. The Bertz CT molecular complexity index is 2640. The lowest BCUT2D eigenvalue weighted by atomic mass is 9.71. The fourth-order valence-corrected chi connectivity index (χ4v) is 18.3. The van der Waals surface area contributed by atoms with Crippen LogP contribution in [-0.2, 0) is 57.2 Å². The first kappa shape index (κ1) is 97.7. The summed E-state index contributed by atoms with van der Waals surface area (Å²) >= 11 is 0. The summed E-state index contributed by atoms with van der Waals surface area (Å²) in [5, 5.41) is 40.4. The van der Waals surface area contributed by atoms with Crippen molar-refractivity contribution in [3.8, 4) is 0 Å². The van der Waals surface area contributed by atoms with Gasteiger partial charge in [-0.05, 0) is 141 Å². The van der Waals surface area contributed by atoms with Crippen LogP contribution in [-0.4, -0.2) is 140 Å². The average molecular weight is 1480 g/mol. The second-order valence-electron chi connectivity index (χ2n) is 33.8. The van der Waals surface area contributed by atoms with E-state index in [2.05, 4.69) is 147 Å². The SMILES string of the molecule is C.C/C=C\[C@H](C)[C@H]1O[C@@]1(C)[C@@H](C)[C@@H](CC)C(=O)[C@@H](CO)[C@@H](C)CC(=O)CC.C/C=C\[C@H](C)[C@H]1O[C@@]1(C)[C@@H](C)[C@@H](CC)C(=O)[C@@H]1COC(O)(CC)C[C@@H]1C.C/C=C\[C@H](C)[C@H]1O[C@@]1(C)[C@@H](C)[C@@H](CC)C(=O)[C@H](CO)[C@@H](C)CC(=O)CC.C/C=C\[C@H](C)[C@H]1O[C@@]1(C)[C@@H](C)[C@@H](CC)C(=O)[C@H]1COC(O)(CC)C[C@@H]1C. The van der Waals surface area contributed by atoms with Gasteiger partial charge < -0.3 is 48.8 Å². The number of Topliss-reactive ketones (excluding diaryl/α,β-unsaturated/α-hetero) is 6. The minimum absolute atomic E-state index is 0. The van der Waals surface area contributed by atoms with Crippen molar-refractivity contribution in [1.29, 1.82) is 0 Å². The molecule has 0 aromatic rings. The van der Waals surface area contributed by atoms with Gasteiger partial charge in [0, 0.05) is 110 Å². The maximum Gasteiger partial charge on any atom is 0.165 e. The molecular weight excluding hydrogens is 1320 g/mol. The predicted octanol–water partition coefficient (Wildman–Crippen LogP) is 17.8. The fraction of sp³-hybridized carbons (Fsp3) is 0.843. The minimum atomic E-state index is -1.07. The molecule has 0 aromatic heterocycles. The van der Waals surface area contributed by atoms with Crippen LogP contribution >= 0.6 is 0 Å². The monoisotopic (exact) mass is 1480 g/mol. The summed E-state index contributed by atoms with van der Waals surface area (Å²) in [5.41, 5.74) is -1.09. The summed E-state index contributed by atoms with van der Waals surface area (Å²) in [7, 11) is 0. The van der Waals surface area contributed by atoms with Crippen molar-refractivity contribution >= 4 is 34.7 Å². The highest BCUT2D eigenvalue weighted by Crippen LogP contribution is 2.55. The normalized spacial score (nSPS) is 34.4. The molecule has 6 rings (SSSR count). The number of carbonyl (C=O) groups is 6. The van der Waals surface area contributed by atoms with Gasteiger partial charge >= 0.3 is 0 Å². The Balaban J connectivity index is 0.000000474. The minimum Gasteiger partial charge on any atom is -0.396 e. The number of hydrogen-bond acceptors (Lipinski definition) is 16. The average Bonchev–Trinajstić information content (AvgIpc) is 1.60. The third kappa shape index (κ3) is 24.3. The number of aliphatic hydroxyl groups is 4. The van der Waals surface area contributed by atoms with Crippen molar-refractivity contribution in [3.05, 3.63) is 48.6 Å². The molecule has 2 unspecified atom stereocenters. The number of allylic oxidation sites excluding steroid dienone is 4. The maximum absolute atomic E-state index is 13.3. The van der Waals surface area contributed by atoms with Crippen LogP contribution in [0.15, 0.2) is 48.6 Å². The molecule has 30 atom stereocenters. The lowest BCUT2D eigenvalue weighted by molar-refractivity contribution is -0.248. The molecule has 4 N–H and O–H groups in total. The molecule has 0 aromatic carbocycles. The number of aliphatic hydroxyl groups excluding tert-OH is 2. The topological polar surface area (TPSA) is 252 Å². The van der Waals surface area contributed by atoms with Gasteiger partial charge in [-0.2, -0.15) is 0 Å². The number of ether oxygens (including phenoxy) is 6. The smallest absolute Gasteiger partial charge is 0.165 e. The Hall–Kier alpha value is -3.42. The Morgan fingerprint density at radius 3 is 0.838 bits per heavy atom. The van der Waals surface area contributed by atoms with E-state index < -0.39 is 23.4 Å². The van der Waals surface area contributed by atoms with Gasteiger partial charge in [-0.1, -0.05) is 195 Å². The second kappa shape index (κ2) is 42.8. The Morgan fingerprint density at radius 1 is 0.410 bits per heavy atom. The molecule has 0 amide bonds. The number of epoxide rings is 4. The molecular formula is C89H156O16. The molecule has 6 saturated heterocycles. The summed E-state index contributed by atoms with van der Waals surface area (Å²) in [5.74, 6) is -0.968. The largest absolute Gasteiger partial charge is 0.396 e. The number of ketones is 6. The summed E-state index contributed by atoms with van der Waals surface area (Å²) < 4.78 is 35.7. The molecule has 608 valence electrons. The van der Waals surface area contributed by atoms with E-state index in [-0.39, 0.29) is 185 Å². The first-order valence-corrected chi connectivity index (χ1v) is 41.0. The number of rotatable bonds is 40. The lowest BCUT2D eigenvalue weighted by Gasteiger charge is -2.41. The lowest BCUT2D eigenvalue weighted by Crippen LogP contribution is -2.48. The molecule has 0 bridgehead atoms. The van der Waals surface area contributed by atoms with Gasteiger partial charge in [0.05, 0.1) is 73.2 Å². The second-order valence-corrected chi connectivity index (χ2v) is 33.8. The van der Waals surface area contributed by atoms with E-state index in [4.69, 9.17) is 28.4 Å². The number of hydrogen-bond donors (Lipinski definition) is 4. The summed E-state index contributed by atoms with van der Waals surface area (Å²) in [6.07, 6.45) is 24.3. The van der Waals surface area contributed by atoms with Crippen molar-refractivity contribution in [3.63, 3.8) is 0 Å². The van der Waals surface area contributed by atoms with Crippen molar-refractivity contribution in [2.75, 3.05) is 26.4 Å². The molecule has 6 aliphatic rings. The molecule has 0 aliphatic carbocycles. The van der Waals surface area contributed by atoms with Crippen LogP contribution in [0.1, 0.15) is 278 Å². The molecule has 0 radical (unpaired) electrons. The zero-order valence-electron chi connectivity index (χ0n) is 70.5. The van der Waals surface area contributed by atoms with E-state index in [1.807, 2.05) is 95.2 Å². The van der Waals surface area contributed by atoms with E-state index >= 15 is 0 Å². The Morgan fingerprint density at radius 2 is 0.648 bits per heavy atom. The first-order chi connectivity index (χ1) is 48.6. The van der Waals surface area contributed by atoms with Crippen molar-refractivity contribution < 1.29 is 77.6 Å². The summed E-state index contributed by atoms with van der Waals surface area (Å²) in [6, 6.07) is 0. The van der Waals surface area contributed by atoms with Gasteiger partial charge in [0.15, 0.2) is 11.6 Å². The van der Waals surface area contributed by atoms with Crippen LogP contribution in [0.2, 0.25) is 0 Å². The fourth-order valence-electron chi connectivity index (χ4n) is 18.3. The van der Waals surface area contributed by atoms with Crippen LogP contribution in [0.25, 0.3) is 0 Å². The van der Waals surface area contributed by atoms with Crippen LogP contribution in [0.4, 0.5) is 0 Å². The zero-order chi connectivity index (χ0) is 79.5. The van der Waals surface area contributed by atoms with Crippen LogP contribution < -0.4 is 0 Å².